The van der Waals surface area contributed by atoms with Gasteiger partial charge in [0, 0.05) is 25.8 Å². The van der Waals surface area contributed by atoms with Crippen LogP contribution in [0.2, 0.25) is 0 Å². The lowest BCUT2D eigenvalue weighted by Crippen LogP contribution is -2.32. The van der Waals surface area contributed by atoms with Crippen molar-refractivity contribution >= 4 is 22.4 Å². The number of fused-ring (bicyclic) bond motifs is 1. The molecule has 1 spiro atoms. The second kappa shape index (κ2) is 8.22. The van der Waals surface area contributed by atoms with Gasteiger partial charge in [0.2, 0.25) is 0 Å². The molecule has 1 saturated carbocycles. The maximum Gasteiger partial charge on any atom is 0.434 e. The van der Waals surface area contributed by atoms with Crippen LogP contribution in [0.15, 0.2) is 12.3 Å². The smallest absolute Gasteiger partial charge is 0.381 e. The number of aromatic nitrogens is 3. The van der Waals surface area contributed by atoms with E-state index < -0.39 is 17.5 Å². The normalized spacial score (nSPS) is 21.7. The topological polar surface area (TPSA) is 73.2 Å². The predicted octanol–water partition coefficient (Wildman–Crippen LogP) is 4.64. The number of pyridine rings is 1. The van der Waals surface area contributed by atoms with Gasteiger partial charge in [-0.1, -0.05) is 19.3 Å². The molecule has 0 unspecified atom stereocenters. The van der Waals surface area contributed by atoms with E-state index in [0.717, 1.165) is 44.9 Å². The number of hydroxylamine groups is 1. The Kier molecular flexibility index (Phi) is 5.53. The summed E-state index contributed by atoms with van der Waals surface area (Å²) in [5.74, 6) is 0. The first-order chi connectivity index (χ1) is 15.4. The SMILES string of the molecule is CCn1ncc2c(NC3CCOCC3)c(C3=CC4(CCCCC4)ON3)c(C(F)(F)F)nc21. The zero-order valence-electron chi connectivity index (χ0n) is 18.1. The van der Waals surface area contributed by atoms with Crippen LogP contribution < -0.4 is 10.8 Å². The Balaban J connectivity index is 1.70. The summed E-state index contributed by atoms with van der Waals surface area (Å²) >= 11 is 0. The Labute approximate surface area is 184 Å². The molecule has 2 aromatic heterocycles. The van der Waals surface area contributed by atoms with Crippen molar-refractivity contribution in [2.24, 2.45) is 0 Å². The Morgan fingerprint density at radius 2 is 1.97 bits per heavy atom. The van der Waals surface area contributed by atoms with E-state index in [1.54, 1.807) is 6.20 Å². The molecule has 32 heavy (non-hydrogen) atoms. The van der Waals surface area contributed by atoms with Crippen molar-refractivity contribution < 1.29 is 22.7 Å². The molecule has 2 fully saturated rings. The van der Waals surface area contributed by atoms with Crippen LogP contribution in [0.4, 0.5) is 18.9 Å². The van der Waals surface area contributed by atoms with E-state index in [9.17, 15) is 13.2 Å². The van der Waals surface area contributed by atoms with E-state index in [1.165, 1.54) is 4.68 Å². The average molecular weight is 451 g/mol. The van der Waals surface area contributed by atoms with Crippen molar-refractivity contribution in [3.8, 4) is 0 Å². The number of aryl methyl sites for hydroxylation is 1. The fourth-order valence-electron chi connectivity index (χ4n) is 4.98. The second-order valence-corrected chi connectivity index (χ2v) is 8.82. The van der Waals surface area contributed by atoms with Crippen LogP contribution in [0.25, 0.3) is 16.7 Å². The Morgan fingerprint density at radius 1 is 1.22 bits per heavy atom. The van der Waals surface area contributed by atoms with Gasteiger partial charge >= 0.3 is 6.18 Å². The molecule has 10 heteroatoms. The lowest BCUT2D eigenvalue weighted by atomic mass is 9.84. The van der Waals surface area contributed by atoms with E-state index in [0.29, 0.717) is 36.5 Å². The molecule has 5 rings (SSSR count). The highest BCUT2D eigenvalue weighted by Gasteiger charge is 2.43. The number of hydrogen-bond donors (Lipinski definition) is 2. The Hall–Kier alpha value is -2.33. The van der Waals surface area contributed by atoms with Gasteiger partial charge in [0.15, 0.2) is 11.3 Å². The molecular weight excluding hydrogens is 423 g/mol. The summed E-state index contributed by atoms with van der Waals surface area (Å²) in [7, 11) is 0. The molecule has 1 aliphatic carbocycles. The summed E-state index contributed by atoms with van der Waals surface area (Å²) in [5, 5.41) is 8.27. The minimum absolute atomic E-state index is 0.00530. The molecule has 4 heterocycles. The summed E-state index contributed by atoms with van der Waals surface area (Å²) in [6.45, 7) is 3.42. The van der Waals surface area contributed by atoms with E-state index in [-0.39, 0.29) is 17.3 Å². The van der Waals surface area contributed by atoms with Crippen LogP contribution in [-0.4, -0.2) is 39.6 Å². The summed E-state index contributed by atoms with van der Waals surface area (Å²) in [6.07, 6.45) is 4.92. The number of alkyl halides is 3. The summed E-state index contributed by atoms with van der Waals surface area (Å²) in [5.41, 5.74) is 2.32. The number of nitrogens with zero attached hydrogens (tertiary/aromatic N) is 3. The van der Waals surface area contributed by atoms with Gasteiger partial charge in [-0.05, 0) is 38.7 Å². The molecule has 174 valence electrons. The van der Waals surface area contributed by atoms with Crippen molar-refractivity contribution in [2.75, 3.05) is 18.5 Å². The number of halogens is 3. The maximum absolute atomic E-state index is 14.3. The first-order valence-corrected chi connectivity index (χ1v) is 11.4. The quantitative estimate of drug-likeness (QED) is 0.706. The largest absolute Gasteiger partial charge is 0.434 e. The van der Waals surface area contributed by atoms with Crippen LogP contribution in [0.1, 0.15) is 63.1 Å². The molecule has 3 aliphatic rings. The first-order valence-electron chi connectivity index (χ1n) is 11.4. The highest BCUT2D eigenvalue weighted by molar-refractivity contribution is 5.97. The molecule has 7 nitrogen and oxygen atoms in total. The molecule has 0 aromatic carbocycles. The highest BCUT2D eigenvalue weighted by atomic mass is 19.4. The molecule has 0 amide bonds. The fraction of sp³-hybridized carbons (Fsp3) is 0.636. The minimum Gasteiger partial charge on any atom is -0.381 e. The molecule has 2 aliphatic heterocycles. The Bertz CT molecular complexity index is 1020. The van der Waals surface area contributed by atoms with Crippen molar-refractivity contribution in [1.29, 1.82) is 0 Å². The molecule has 0 radical (unpaired) electrons. The van der Waals surface area contributed by atoms with Crippen molar-refractivity contribution in [3.63, 3.8) is 0 Å². The lowest BCUT2D eigenvalue weighted by Gasteiger charge is -2.29. The number of ether oxygens (including phenoxy) is 1. The van der Waals surface area contributed by atoms with Gasteiger partial charge in [-0.3, -0.25) is 10.3 Å². The zero-order chi connectivity index (χ0) is 22.3. The van der Waals surface area contributed by atoms with Crippen LogP contribution in [0.5, 0.6) is 0 Å². The van der Waals surface area contributed by atoms with Crippen LogP contribution in [0.3, 0.4) is 0 Å². The lowest BCUT2D eigenvalue weighted by molar-refractivity contribution is -0.141. The zero-order valence-corrected chi connectivity index (χ0v) is 18.1. The van der Waals surface area contributed by atoms with E-state index >= 15 is 0 Å². The molecule has 0 atom stereocenters. The summed E-state index contributed by atoms with van der Waals surface area (Å²) in [4.78, 5) is 9.98. The Morgan fingerprint density at radius 3 is 2.66 bits per heavy atom. The van der Waals surface area contributed by atoms with Crippen molar-refractivity contribution in [1.82, 2.24) is 20.2 Å². The van der Waals surface area contributed by atoms with Gasteiger partial charge in [0.1, 0.15) is 5.60 Å². The minimum atomic E-state index is -4.64. The number of hydrogen-bond acceptors (Lipinski definition) is 6. The van der Waals surface area contributed by atoms with Gasteiger partial charge in [0.05, 0.1) is 28.5 Å². The van der Waals surface area contributed by atoms with Gasteiger partial charge in [-0.25, -0.2) is 9.67 Å². The van der Waals surface area contributed by atoms with Crippen molar-refractivity contribution in [2.45, 2.75) is 76.2 Å². The highest BCUT2D eigenvalue weighted by Crippen LogP contribution is 2.45. The van der Waals surface area contributed by atoms with Crippen LogP contribution in [-0.2, 0) is 22.3 Å². The summed E-state index contributed by atoms with van der Waals surface area (Å²) in [6, 6.07) is 0.00530. The van der Waals surface area contributed by atoms with Gasteiger partial charge in [-0.2, -0.15) is 18.3 Å². The standard InChI is InChI=1S/C22H28F3N5O2/c1-2-30-20-15(13-26-30)18(27-14-6-10-31-11-7-14)17(19(28-20)22(23,24)25)16-12-21(32-29-16)8-4-3-5-9-21/h12-14,29H,2-11H2,1H3,(H,27,28). The van der Waals surface area contributed by atoms with Crippen LogP contribution in [0, 0.1) is 0 Å². The number of rotatable bonds is 4. The number of nitrogens with one attached hydrogen (secondary N) is 2. The van der Waals surface area contributed by atoms with Crippen LogP contribution >= 0.6 is 0 Å². The third-order valence-corrected chi connectivity index (χ3v) is 6.66. The summed E-state index contributed by atoms with van der Waals surface area (Å²) < 4.78 is 49.9. The van der Waals surface area contributed by atoms with Crippen molar-refractivity contribution in [3.05, 3.63) is 23.5 Å². The molecule has 2 N–H and O–H groups in total. The molecule has 0 bridgehead atoms. The second-order valence-electron chi connectivity index (χ2n) is 8.82. The molecule has 1 saturated heterocycles. The van der Waals surface area contributed by atoms with E-state index in [1.807, 2.05) is 13.0 Å². The molecule has 2 aromatic rings. The number of anilines is 1. The van der Waals surface area contributed by atoms with Gasteiger partial charge in [0.25, 0.3) is 0 Å². The maximum atomic E-state index is 14.3. The first kappa shape index (κ1) is 21.5. The average Bonchev–Trinajstić information content (AvgIpc) is 3.38. The monoisotopic (exact) mass is 451 g/mol. The third kappa shape index (κ3) is 3.83. The van der Waals surface area contributed by atoms with E-state index in [4.69, 9.17) is 9.57 Å². The third-order valence-electron chi connectivity index (χ3n) is 6.66. The van der Waals surface area contributed by atoms with Gasteiger partial charge < -0.3 is 10.1 Å². The fourth-order valence-corrected chi connectivity index (χ4v) is 4.98. The van der Waals surface area contributed by atoms with Gasteiger partial charge in [-0.15, -0.1) is 0 Å². The predicted molar refractivity (Wildman–Crippen MR) is 114 cm³/mol. The van der Waals surface area contributed by atoms with E-state index in [2.05, 4.69) is 20.9 Å². The molecular formula is C22H28F3N5O2.